The van der Waals surface area contributed by atoms with Crippen molar-refractivity contribution >= 4 is 10.9 Å². The van der Waals surface area contributed by atoms with Crippen LogP contribution in [-0.4, -0.2) is 12.1 Å². The maximum Gasteiger partial charge on any atom is 0.248 e. The van der Waals surface area contributed by atoms with Gasteiger partial charge in [-0.1, -0.05) is 24.3 Å². The first kappa shape index (κ1) is 11.5. The number of H-pyrrole nitrogens is 1. The Morgan fingerprint density at radius 3 is 2.68 bits per heavy atom. The van der Waals surface area contributed by atoms with Gasteiger partial charge < -0.3 is 9.72 Å². The summed E-state index contributed by atoms with van der Waals surface area (Å²) in [5.41, 5.74) is 2.86. The van der Waals surface area contributed by atoms with E-state index >= 15 is 0 Å². The van der Waals surface area contributed by atoms with Crippen LogP contribution in [0.1, 0.15) is 0 Å². The first-order chi connectivity index (χ1) is 9.28. The summed E-state index contributed by atoms with van der Waals surface area (Å²) in [6.45, 7) is 0. The molecule has 0 bridgehead atoms. The highest BCUT2D eigenvalue weighted by atomic mass is 16.5. The number of pyridine rings is 1. The van der Waals surface area contributed by atoms with Crippen LogP contribution < -0.4 is 10.3 Å². The molecule has 3 aromatic rings. The quantitative estimate of drug-likeness (QED) is 0.760. The van der Waals surface area contributed by atoms with Crippen molar-refractivity contribution in [2.75, 3.05) is 7.11 Å². The van der Waals surface area contributed by atoms with E-state index in [2.05, 4.69) is 4.98 Å². The summed E-state index contributed by atoms with van der Waals surface area (Å²) in [5, 5.41) is 1.00. The van der Waals surface area contributed by atoms with E-state index in [1.165, 1.54) is 6.07 Å². The first-order valence-corrected chi connectivity index (χ1v) is 6.04. The van der Waals surface area contributed by atoms with Crippen molar-refractivity contribution in [2.45, 2.75) is 0 Å². The average molecular weight is 251 g/mol. The van der Waals surface area contributed by atoms with Gasteiger partial charge in [-0.25, -0.2) is 0 Å². The Hall–Kier alpha value is -2.55. The second-order valence-corrected chi connectivity index (χ2v) is 4.32. The molecule has 0 saturated carbocycles. The third-order valence-corrected chi connectivity index (χ3v) is 3.14. The van der Waals surface area contributed by atoms with Crippen LogP contribution >= 0.6 is 0 Å². The monoisotopic (exact) mass is 251 g/mol. The number of benzene rings is 2. The second kappa shape index (κ2) is 4.61. The minimum absolute atomic E-state index is 0.0856. The lowest BCUT2D eigenvalue weighted by Gasteiger charge is -2.09. The Balaban J connectivity index is 2.20. The molecule has 0 amide bonds. The second-order valence-electron chi connectivity index (χ2n) is 4.32. The van der Waals surface area contributed by atoms with Gasteiger partial charge in [-0.05, 0) is 35.2 Å². The molecule has 2 aromatic carbocycles. The Kier molecular flexibility index (Phi) is 2.80. The SMILES string of the molecule is COc1ccccc1-c1ccc2[nH]c(=O)ccc2c1. The lowest BCUT2D eigenvalue weighted by atomic mass is 10.0. The molecule has 94 valence electrons. The Morgan fingerprint density at radius 2 is 1.84 bits per heavy atom. The number of para-hydroxylation sites is 1. The molecule has 1 heterocycles. The van der Waals surface area contributed by atoms with Crippen molar-refractivity contribution in [1.29, 1.82) is 0 Å². The number of fused-ring (bicyclic) bond motifs is 1. The van der Waals surface area contributed by atoms with E-state index in [4.69, 9.17) is 4.74 Å². The van der Waals surface area contributed by atoms with Crippen LogP contribution in [0.5, 0.6) is 5.75 Å². The largest absolute Gasteiger partial charge is 0.496 e. The smallest absolute Gasteiger partial charge is 0.248 e. The molecular weight excluding hydrogens is 238 g/mol. The van der Waals surface area contributed by atoms with Crippen LogP contribution in [0.2, 0.25) is 0 Å². The van der Waals surface area contributed by atoms with Crippen molar-refractivity contribution in [3.63, 3.8) is 0 Å². The van der Waals surface area contributed by atoms with Gasteiger partial charge in [-0.2, -0.15) is 0 Å². The summed E-state index contributed by atoms with van der Waals surface area (Å²) >= 11 is 0. The third-order valence-electron chi connectivity index (χ3n) is 3.14. The van der Waals surface area contributed by atoms with Gasteiger partial charge in [0.25, 0.3) is 0 Å². The van der Waals surface area contributed by atoms with E-state index in [0.29, 0.717) is 0 Å². The van der Waals surface area contributed by atoms with Gasteiger partial charge in [-0.3, -0.25) is 4.79 Å². The van der Waals surface area contributed by atoms with E-state index < -0.39 is 0 Å². The van der Waals surface area contributed by atoms with Crippen molar-refractivity contribution < 1.29 is 4.74 Å². The zero-order valence-electron chi connectivity index (χ0n) is 10.5. The fourth-order valence-corrected chi connectivity index (χ4v) is 2.20. The Bertz CT molecular complexity index is 790. The molecule has 3 heteroatoms. The fourth-order valence-electron chi connectivity index (χ4n) is 2.20. The highest BCUT2D eigenvalue weighted by Gasteiger charge is 2.05. The molecule has 0 fully saturated rings. The van der Waals surface area contributed by atoms with Crippen molar-refractivity contribution in [2.24, 2.45) is 0 Å². The Morgan fingerprint density at radius 1 is 1.00 bits per heavy atom. The van der Waals surface area contributed by atoms with Crippen LogP contribution in [0.3, 0.4) is 0 Å². The van der Waals surface area contributed by atoms with E-state index in [0.717, 1.165) is 27.8 Å². The number of hydrogen-bond donors (Lipinski definition) is 1. The topological polar surface area (TPSA) is 42.1 Å². The van der Waals surface area contributed by atoms with Gasteiger partial charge in [-0.15, -0.1) is 0 Å². The molecule has 3 nitrogen and oxygen atoms in total. The zero-order chi connectivity index (χ0) is 13.2. The Labute approximate surface area is 110 Å². The van der Waals surface area contributed by atoms with Crippen LogP contribution in [0.25, 0.3) is 22.0 Å². The number of hydrogen-bond acceptors (Lipinski definition) is 2. The molecule has 0 spiro atoms. The van der Waals surface area contributed by atoms with Gasteiger partial charge in [0.2, 0.25) is 5.56 Å². The molecule has 0 unspecified atom stereocenters. The molecule has 1 N–H and O–H groups in total. The summed E-state index contributed by atoms with van der Waals surface area (Å²) in [5.74, 6) is 0.839. The highest BCUT2D eigenvalue weighted by molar-refractivity contribution is 5.85. The predicted octanol–water partition coefficient (Wildman–Crippen LogP) is 3.20. The standard InChI is InChI=1S/C16H13NO2/c1-19-15-5-3-2-4-13(15)11-6-8-14-12(10-11)7-9-16(18)17-14/h2-10H,1H3,(H,17,18). The molecule has 0 aliphatic carbocycles. The number of ether oxygens (including phenoxy) is 1. The number of aromatic nitrogens is 1. The molecule has 1 aromatic heterocycles. The predicted molar refractivity (Wildman–Crippen MR) is 76.6 cm³/mol. The summed E-state index contributed by atoms with van der Waals surface area (Å²) < 4.78 is 5.37. The van der Waals surface area contributed by atoms with E-state index in [9.17, 15) is 4.79 Å². The molecule has 19 heavy (non-hydrogen) atoms. The molecular formula is C16H13NO2. The fraction of sp³-hybridized carbons (Fsp3) is 0.0625. The first-order valence-electron chi connectivity index (χ1n) is 6.04. The molecule has 0 aliphatic rings. The number of rotatable bonds is 2. The number of methoxy groups -OCH3 is 1. The van der Waals surface area contributed by atoms with Gasteiger partial charge in [0.1, 0.15) is 5.75 Å². The maximum atomic E-state index is 11.3. The van der Waals surface area contributed by atoms with Crippen molar-refractivity contribution in [3.8, 4) is 16.9 Å². The van der Waals surface area contributed by atoms with Gasteiger partial charge >= 0.3 is 0 Å². The molecule has 0 aliphatic heterocycles. The number of aromatic amines is 1. The van der Waals surface area contributed by atoms with Gasteiger partial charge in [0.05, 0.1) is 7.11 Å². The van der Waals surface area contributed by atoms with Crippen LogP contribution in [0.15, 0.2) is 59.4 Å². The van der Waals surface area contributed by atoms with Crippen LogP contribution in [-0.2, 0) is 0 Å². The summed E-state index contributed by atoms with van der Waals surface area (Å²) in [6, 6.07) is 17.2. The van der Waals surface area contributed by atoms with Crippen molar-refractivity contribution in [1.82, 2.24) is 4.98 Å². The van der Waals surface area contributed by atoms with Crippen LogP contribution in [0.4, 0.5) is 0 Å². The molecule has 0 saturated heterocycles. The lowest BCUT2D eigenvalue weighted by molar-refractivity contribution is 0.416. The molecule has 0 radical (unpaired) electrons. The maximum absolute atomic E-state index is 11.3. The molecule has 0 atom stereocenters. The van der Waals surface area contributed by atoms with E-state index in [-0.39, 0.29) is 5.56 Å². The summed E-state index contributed by atoms with van der Waals surface area (Å²) in [7, 11) is 1.66. The van der Waals surface area contributed by atoms with Crippen molar-refractivity contribution in [3.05, 3.63) is 65.0 Å². The third kappa shape index (κ3) is 2.10. The lowest BCUT2D eigenvalue weighted by Crippen LogP contribution is -2.02. The number of nitrogens with one attached hydrogen (secondary N) is 1. The minimum atomic E-state index is -0.0856. The van der Waals surface area contributed by atoms with E-state index in [1.807, 2.05) is 48.5 Å². The average Bonchev–Trinajstić information content (AvgIpc) is 2.46. The normalized spacial score (nSPS) is 10.6. The van der Waals surface area contributed by atoms with E-state index in [1.54, 1.807) is 7.11 Å². The molecule has 3 rings (SSSR count). The summed E-state index contributed by atoms with van der Waals surface area (Å²) in [6.07, 6.45) is 0. The minimum Gasteiger partial charge on any atom is -0.496 e. The highest BCUT2D eigenvalue weighted by Crippen LogP contribution is 2.30. The van der Waals surface area contributed by atoms with Crippen LogP contribution in [0, 0.1) is 0 Å². The van der Waals surface area contributed by atoms with Gasteiger partial charge in [0, 0.05) is 17.1 Å². The van der Waals surface area contributed by atoms with Gasteiger partial charge in [0.15, 0.2) is 0 Å². The summed E-state index contributed by atoms with van der Waals surface area (Å²) in [4.78, 5) is 14.1. The zero-order valence-corrected chi connectivity index (χ0v) is 10.5.